The second-order valence-electron chi connectivity index (χ2n) is 4.41. The highest BCUT2D eigenvalue weighted by molar-refractivity contribution is 7.14. The lowest BCUT2D eigenvalue weighted by Gasteiger charge is -2.10. The monoisotopic (exact) mass is 335 g/mol. The van der Waals surface area contributed by atoms with Crippen molar-refractivity contribution in [1.82, 2.24) is 0 Å². The first kappa shape index (κ1) is 16.8. The van der Waals surface area contributed by atoms with Crippen LogP contribution < -0.4 is 14.8 Å². The molecule has 1 heterocycles. The normalized spacial score (nSPS) is 10.0. The number of hydrogen-bond donors (Lipinski definition) is 1. The van der Waals surface area contributed by atoms with Gasteiger partial charge in [-0.2, -0.15) is 0 Å². The zero-order chi connectivity index (χ0) is 16.8. The molecule has 1 amide bonds. The van der Waals surface area contributed by atoms with Crippen LogP contribution in [-0.4, -0.2) is 32.7 Å². The molecule has 1 aromatic carbocycles. The summed E-state index contributed by atoms with van der Waals surface area (Å²) in [7, 11) is 3.02. The Labute approximate surface area is 138 Å². The second kappa shape index (κ2) is 7.64. The predicted octanol–water partition coefficient (Wildman–Crippen LogP) is 3.19. The summed E-state index contributed by atoms with van der Waals surface area (Å²) in [6, 6.07) is 6.46. The van der Waals surface area contributed by atoms with E-state index in [1.54, 1.807) is 36.6 Å². The van der Waals surface area contributed by atoms with E-state index in [0.717, 1.165) is 0 Å². The van der Waals surface area contributed by atoms with Gasteiger partial charge in [0.25, 0.3) is 5.91 Å². The zero-order valence-electron chi connectivity index (χ0n) is 13.0. The first-order valence-corrected chi connectivity index (χ1v) is 7.76. The van der Waals surface area contributed by atoms with Gasteiger partial charge in [-0.3, -0.25) is 4.79 Å². The van der Waals surface area contributed by atoms with E-state index in [9.17, 15) is 9.59 Å². The molecule has 0 spiro atoms. The quantitative estimate of drug-likeness (QED) is 0.821. The lowest BCUT2D eigenvalue weighted by atomic mass is 10.2. The van der Waals surface area contributed by atoms with Gasteiger partial charge in [0.05, 0.1) is 26.4 Å². The molecule has 2 rings (SSSR count). The summed E-state index contributed by atoms with van der Waals surface area (Å²) in [6.07, 6.45) is 0. The van der Waals surface area contributed by atoms with Gasteiger partial charge in [-0.1, -0.05) is 0 Å². The molecule has 0 bridgehead atoms. The minimum atomic E-state index is -0.462. The summed E-state index contributed by atoms with van der Waals surface area (Å²) >= 11 is 1.26. The molecule has 0 atom stereocenters. The number of ether oxygens (including phenoxy) is 3. The Hall–Kier alpha value is -2.54. The fourth-order valence-corrected chi connectivity index (χ4v) is 2.70. The molecule has 2 aromatic rings. The van der Waals surface area contributed by atoms with E-state index in [1.807, 2.05) is 0 Å². The molecule has 0 aliphatic rings. The third-order valence-electron chi connectivity index (χ3n) is 3.03. The molecule has 122 valence electrons. The lowest BCUT2D eigenvalue weighted by molar-refractivity contribution is 0.0528. The first-order valence-electron chi connectivity index (χ1n) is 6.88. The molecule has 1 N–H and O–H groups in total. The fourth-order valence-electron chi connectivity index (χ4n) is 1.93. The Balaban J connectivity index is 2.20. The van der Waals surface area contributed by atoms with E-state index in [4.69, 9.17) is 14.2 Å². The largest absolute Gasteiger partial charge is 0.493 e. The number of methoxy groups -OCH3 is 2. The molecule has 0 fully saturated rings. The molecule has 0 saturated carbocycles. The third kappa shape index (κ3) is 3.81. The van der Waals surface area contributed by atoms with Gasteiger partial charge in [0, 0.05) is 5.56 Å². The van der Waals surface area contributed by atoms with Gasteiger partial charge in [-0.25, -0.2) is 4.79 Å². The summed E-state index contributed by atoms with van der Waals surface area (Å²) in [5.41, 5.74) is 0.733. The molecule has 0 saturated heterocycles. The van der Waals surface area contributed by atoms with E-state index in [2.05, 4.69) is 5.32 Å². The number of amides is 1. The number of benzene rings is 1. The highest BCUT2D eigenvalue weighted by Crippen LogP contribution is 2.29. The zero-order valence-corrected chi connectivity index (χ0v) is 13.9. The Bertz CT molecular complexity index is 710. The van der Waals surface area contributed by atoms with E-state index < -0.39 is 5.97 Å². The highest BCUT2D eigenvalue weighted by Gasteiger charge is 2.17. The van der Waals surface area contributed by atoms with Crippen LogP contribution in [0.25, 0.3) is 0 Å². The van der Waals surface area contributed by atoms with Gasteiger partial charge >= 0.3 is 5.97 Å². The molecule has 1 aromatic heterocycles. The average molecular weight is 335 g/mol. The highest BCUT2D eigenvalue weighted by atomic mass is 32.1. The molecular weight excluding hydrogens is 318 g/mol. The SMILES string of the molecule is CCOC(=O)c1ccsc1NC(=O)c1ccc(OC)c(OC)c1. The Morgan fingerprint density at radius 3 is 2.52 bits per heavy atom. The van der Waals surface area contributed by atoms with Crippen molar-refractivity contribution in [2.45, 2.75) is 6.92 Å². The van der Waals surface area contributed by atoms with Crippen molar-refractivity contribution in [3.05, 3.63) is 40.8 Å². The molecule has 0 aliphatic carbocycles. The van der Waals surface area contributed by atoms with Gasteiger partial charge in [-0.05, 0) is 36.6 Å². The predicted molar refractivity (Wildman–Crippen MR) is 87.8 cm³/mol. The van der Waals surface area contributed by atoms with Crippen LogP contribution in [0.5, 0.6) is 11.5 Å². The molecule has 6 nitrogen and oxygen atoms in total. The number of rotatable bonds is 6. The third-order valence-corrected chi connectivity index (χ3v) is 3.86. The second-order valence-corrected chi connectivity index (χ2v) is 5.32. The summed E-state index contributed by atoms with van der Waals surface area (Å²) in [5.74, 6) is 0.180. The summed E-state index contributed by atoms with van der Waals surface area (Å²) in [4.78, 5) is 24.2. The number of nitrogens with one attached hydrogen (secondary N) is 1. The Morgan fingerprint density at radius 1 is 1.13 bits per heavy atom. The van der Waals surface area contributed by atoms with Crippen LogP contribution in [0.4, 0.5) is 5.00 Å². The van der Waals surface area contributed by atoms with Crippen LogP contribution in [0, 0.1) is 0 Å². The molecule has 23 heavy (non-hydrogen) atoms. The van der Waals surface area contributed by atoms with Crippen LogP contribution in [-0.2, 0) is 4.74 Å². The molecular formula is C16H17NO5S. The van der Waals surface area contributed by atoms with Gasteiger partial charge in [-0.15, -0.1) is 11.3 Å². The van der Waals surface area contributed by atoms with Crippen LogP contribution in [0.3, 0.4) is 0 Å². The maximum Gasteiger partial charge on any atom is 0.341 e. The molecule has 0 radical (unpaired) electrons. The van der Waals surface area contributed by atoms with Crippen LogP contribution in [0.15, 0.2) is 29.6 Å². The van der Waals surface area contributed by atoms with Crippen molar-refractivity contribution >= 4 is 28.2 Å². The van der Waals surface area contributed by atoms with E-state index in [0.29, 0.717) is 27.6 Å². The van der Waals surface area contributed by atoms with Gasteiger partial charge in [0.2, 0.25) is 0 Å². The van der Waals surface area contributed by atoms with Crippen LogP contribution in [0.2, 0.25) is 0 Å². The summed E-state index contributed by atoms with van der Waals surface area (Å²) < 4.78 is 15.3. The van der Waals surface area contributed by atoms with Crippen molar-refractivity contribution in [3.63, 3.8) is 0 Å². The summed E-state index contributed by atoms with van der Waals surface area (Å²) in [5, 5.41) is 4.88. The standard InChI is InChI=1S/C16H17NO5S/c1-4-22-16(19)11-7-8-23-15(11)17-14(18)10-5-6-12(20-2)13(9-10)21-3/h5-9H,4H2,1-3H3,(H,17,18). The van der Waals surface area contributed by atoms with Crippen molar-refractivity contribution in [2.75, 3.05) is 26.1 Å². The van der Waals surface area contributed by atoms with E-state index >= 15 is 0 Å². The van der Waals surface area contributed by atoms with Crippen molar-refractivity contribution in [2.24, 2.45) is 0 Å². The lowest BCUT2D eigenvalue weighted by Crippen LogP contribution is -2.14. The smallest absolute Gasteiger partial charge is 0.341 e. The van der Waals surface area contributed by atoms with Crippen LogP contribution >= 0.6 is 11.3 Å². The minimum Gasteiger partial charge on any atom is -0.493 e. The number of carbonyl (C=O) groups is 2. The maximum atomic E-state index is 12.4. The first-order chi connectivity index (χ1) is 11.1. The number of hydrogen-bond acceptors (Lipinski definition) is 6. The van der Waals surface area contributed by atoms with Crippen molar-refractivity contribution in [1.29, 1.82) is 0 Å². The Kier molecular flexibility index (Phi) is 5.59. The number of thiophene rings is 1. The summed E-state index contributed by atoms with van der Waals surface area (Å²) in [6.45, 7) is 2.00. The molecule has 7 heteroatoms. The minimum absolute atomic E-state index is 0.276. The molecule has 0 aliphatic heterocycles. The van der Waals surface area contributed by atoms with E-state index in [1.165, 1.54) is 25.6 Å². The van der Waals surface area contributed by atoms with Crippen molar-refractivity contribution < 1.29 is 23.8 Å². The molecule has 0 unspecified atom stereocenters. The van der Waals surface area contributed by atoms with Crippen LogP contribution in [0.1, 0.15) is 27.6 Å². The van der Waals surface area contributed by atoms with E-state index in [-0.39, 0.29) is 12.5 Å². The maximum absolute atomic E-state index is 12.4. The Morgan fingerprint density at radius 2 is 1.87 bits per heavy atom. The van der Waals surface area contributed by atoms with Gasteiger partial charge in [0.1, 0.15) is 5.00 Å². The van der Waals surface area contributed by atoms with Gasteiger partial charge < -0.3 is 19.5 Å². The number of anilines is 1. The number of carbonyl (C=O) groups excluding carboxylic acids is 2. The fraction of sp³-hybridized carbons (Fsp3) is 0.250. The average Bonchev–Trinajstić information content (AvgIpc) is 3.02. The van der Waals surface area contributed by atoms with Crippen molar-refractivity contribution in [3.8, 4) is 11.5 Å². The topological polar surface area (TPSA) is 73.9 Å². The number of esters is 1. The van der Waals surface area contributed by atoms with Gasteiger partial charge in [0.15, 0.2) is 11.5 Å².